The van der Waals surface area contributed by atoms with Gasteiger partial charge in [0, 0.05) is 17.2 Å². The first-order chi connectivity index (χ1) is 10.8. The van der Waals surface area contributed by atoms with Crippen molar-refractivity contribution < 1.29 is 13.9 Å². The smallest absolute Gasteiger partial charge is 0.336 e. The molecule has 2 aliphatic heterocycles. The monoisotopic (exact) mass is 314 g/mol. The molecule has 4 rings (SSSR count). The third kappa shape index (κ3) is 2.32. The van der Waals surface area contributed by atoms with Crippen LogP contribution in [0.25, 0.3) is 11.0 Å². The first-order valence-electron chi connectivity index (χ1n) is 8.25. The van der Waals surface area contributed by atoms with E-state index in [-0.39, 0.29) is 16.8 Å². The number of hydrogen-bond donors (Lipinski definition) is 0. The molecule has 2 aliphatic rings. The van der Waals surface area contributed by atoms with Gasteiger partial charge in [0.1, 0.15) is 28.3 Å². The molecule has 122 valence electrons. The lowest BCUT2D eigenvalue weighted by molar-refractivity contribution is 0.0682. The molecule has 0 radical (unpaired) electrons. The topological polar surface area (TPSA) is 48.7 Å². The van der Waals surface area contributed by atoms with Gasteiger partial charge in [-0.1, -0.05) is 0 Å². The van der Waals surface area contributed by atoms with E-state index in [1.807, 2.05) is 6.07 Å². The van der Waals surface area contributed by atoms with Crippen molar-refractivity contribution >= 4 is 11.0 Å². The minimum Gasteiger partial charge on any atom is -0.487 e. The Morgan fingerprint density at radius 3 is 2.17 bits per heavy atom. The molecule has 2 aromatic rings. The van der Waals surface area contributed by atoms with Crippen molar-refractivity contribution in [2.75, 3.05) is 0 Å². The molecule has 0 amide bonds. The maximum absolute atomic E-state index is 11.7. The molecule has 4 heteroatoms. The average molecular weight is 314 g/mol. The van der Waals surface area contributed by atoms with Crippen LogP contribution in [0.1, 0.15) is 51.7 Å². The number of rotatable bonds is 0. The van der Waals surface area contributed by atoms with Crippen LogP contribution in [0.3, 0.4) is 0 Å². The van der Waals surface area contributed by atoms with Crippen LogP contribution < -0.4 is 15.1 Å². The van der Waals surface area contributed by atoms with Gasteiger partial charge < -0.3 is 13.9 Å². The molecule has 0 saturated heterocycles. The Morgan fingerprint density at radius 2 is 1.48 bits per heavy atom. The molecule has 0 saturated carbocycles. The SMILES string of the molecule is CC1(C)CCc2c(c3c(c4ccc(=O)oc24)OC(C)(C)CC3)O1. The third-order valence-electron chi connectivity index (χ3n) is 4.89. The zero-order valence-corrected chi connectivity index (χ0v) is 14.1. The molecule has 1 aromatic heterocycles. The molecular formula is C19H22O4. The summed E-state index contributed by atoms with van der Waals surface area (Å²) < 4.78 is 18.1. The fourth-order valence-corrected chi connectivity index (χ4v) is 3.57. The van der Waals surface area contributed by atoms with Gasteiger partial charge in [-0.3, -0.25) is 0 Å². The van der Waals surface area contributed by atoms with E-state index in [0.717, 1.165) is 53.7 Å². The summed E-state index contributed by atoms with van der Waals surface area (Å²) in [6, 6.07) is 3.29. The lowest BCUT2D eigenvalue weighted by Crippen LogP contribution is -2.36. The van der Waals surface area contributed by atoms with Gasteiger partial charge in [0.25, 0.3) is 0 Å². The van der Waals surface area contributed by atoms with Gasteiger partial charge in [-0.05, 0) is 59.4 Å². The highest BCUT2D eigenvalue weighted by molar-refractivity contribution is 5.91. The van der Waals surface area contributed by atoms with Crippen molar-refractivity contribution in [2.45, 2.75) is 64.6 Å². The van der Waals surface area contributed by atoms with Crippen LogP contribution >= 0.6 is 0 Å². The standard InChI is InChI=1S/C19H22O4/c1-18(2)9-7-12-15-11(5-6-14(20)21-15)16-13(17(12)23-18)8-10-19(3,4)22-16/h5-6H,7-10H2,1-4H3. The van der Waals surface area contributed by atoms with Crippen LogP contribution in [-0.4, -0.2) is 11.2 Å². The van der Waals surface area contributed by atoms with Crippen LogP contribution in [0.2, 0.25) is 0 Å². The van der Waals surface area contributed by atoms with E-state index in [0.29, 0.717) is 5.58 Å². The highest BCUT2D eigenvalue weighted by Gasteiger charge is 2.37. The minimum atomic E-state index is -0.334. The quantitative estimate of drug-likeness (QED) is 0.690. The van der Waals surface area contributed by atoms with E-state index in [4.69, 9.17) is 13.9 Å². The van der Waals surface area contributed by atoms with Gasteiger partial charge in [0.05, 0.1) is 5.39 Å². The van der Waals surface area contributed by atoms with Crippen molar-refractivity contribution in [2.24, 2.45) is 0 Å². The molecule has 4 nitrogen and oxygen atoms in total. The zero-order valence-electron chi connectivity index (χ0n) is 14.1. The second kappa shape index (κ2) is 4.53. The number of ether oxygens (including phenoxy) is 2. The number of hydrogen-bond acceptors (Lipinski definition) is 4. The Labute approximate surface area is 135 Å². The normalized spacial score (nSPS) is 21.0. The molecule has 0 spiro atoms. The van der Waals surface area contributed by atoms with Crippen LogP contribution in [0, 0.1) is 0 Å². The number of benzene rings is 1. The lowest BCUT2D eigenvalue weighted by atomic mass is 9.86. The van der Waals surface area contributed by atoms with Gasteiger partial charge in [0.2, 0.25) is 0 Å². The highest BCUT2D eigenvalue weighted by atomic mass is 16.5. The highest BCUT2D eigenvalue weighted by Crippen LogP contribution is 2.49. The van der Waals surface area contributed by atoms with Gasteiger partial charge in [-0.25, -0.2) is 4.79 Å². The maximum atomic E-state index is 11.7. The van der Waals surface area contributed by atoms with Gasteiger partial charge in [0.15, 0.2) is 0 Å². The molecule has 0 atom stereocenters. The zero-order chi connectivity index (χ0) is 16.4. The van der Waals surface area contributed by atoms with Crippen LogP contribution in [0.5, 0.6) is 11.5 Å². The molecular weight excluding hydrogens is 292 g/mol. The Hall–Kier alpha value is -1.97. The van der Waals surface area contributed by atoms with E-state index in [9.17, 15) is 4.79 Å². The molecule has 1 aromatic carbocycles. The summed E-state index contributed by atoms with van der Waals surface area (Å²) in [5, 5.41) is 0.884. The Bertz CT molecular complexity index is 858. The summed E-state index contributed by atoms with van der Waals surface area (Å²) in [7, 11) is 0. The van der Waals surface area contributed by atoms with Crippen molar-refractivity contribution in [1.29, 1.82) is 0 Å². The predicted molar refractivity (Wildman–Crippen MR) is 88.5 cm³/mol. The Balaban J connectivity index is 2.06. The van der Waals surface area contributed by atoms with E-state index in [1.165, 1.54) is 6.07 Å². The lowest BCUT2D eigenvalue weighted by Gasteiger charge is -2.39. The molecule has 0 bridgehead atoms. The third-order valence-corrected chi connectivity index (χ3v) is 4.89. The van der Waals surface area contributed by atoms with Crippen LogP contribution in [-0.2, 0) is 12.8 Å². The van der Waals surface area contributed by atoms with E-state index >= 15 is 0 Å². The maximum Gasteiger partial charge on any atom is 0.336 e. The molecule has 0 unspecified atom stereocenters. The summed E-state index contributed by atoms with van der Waals surface area (Å²) in [4.78, 5) is 11.7. The van der Waals surface area contributed by atoms with E-state index in [2.05, 4.69) is 27.7 Å². The summed E-state index contributed by atoms with van der Waals surface area (Å²) >= 11 is 0. The van der Waals surface area contributed by atoms with Crippen molar-refractivity contribution in [3.8, 4) is 11.5 Å². The first-order valence-corrected chi connectivity index (χ1v) is 8.25. The first kappa shape index (κ1) is 14.6. The fraction of sp³-hybridized carbons (Fsp3) is 0.526. The second-order valence-electron chi connectivity index (χ2n) is 7.84. The van der Waals surface area contributed by atoms with Crippen molar-refractivity contribution in [3.05, 3.63) is 33.7 Å². The number of fused-ring (bicyclic) bond motifs is 6. The van der Waals surface area contributed by atoms with Gasteiger partial charge >= 0.3 is 5.63 Å². The van der Waals surface area contributed by atoms with Crippen molar-refractivity contribution in [1.82, 2.24) is 0 Å². The Kier molecular flexibility index (Phi) is 2.88. The van der Waals surface area contributed by atoms with Gasteiger partial charge in [-0.15, -0.1) is 0 Å². The summed E-state index contributed by atoms with van der Waals surface area (Å²) in [5.41, 5.74) is 1.98. The molecule has 0 fully saturated rings. The molecule has 0 aliphatic carbocycles. The molecule has 0 N–H and O–H groups in total. The largest absolute Gasteiger partial charge is 0.487 e. The summed E-state index contributed by atoms with van der Waals surface area (Å²) in [6.45, 7) is 8.37. The number of aryl methyl sites for hydroxylation is 1. The van der Waals surface area contributed by atoms with Crippen molar-refractivity contribution in [3.63, 3.8) is 0 Å². The molecule has 23 heavy (non-hydrogen) atoms. The van der Waals surface area contributed by atoms with E-state index in [1.54, 1.807) is 0 Å². The molecule has 3 heterocycles. The van der Waals surface area contributed by atoms with Crippen LogP contribution in [0.4, 0.5) is 0 Å². The fourth-order valence-electron chi connectivity index (χ4n) is 3.57. The van der Waals surface area contributed by atoms with Gasteiger partial charge in [-0.2, -0.15) is 0 Å². The minimum absolute atomic E-state index is 0.212. The predicted octanol–water partition coefficient (Wildman–Crippen LogP) is 4.00. The van der Waals surface area contributed by atoms with Crippen LogP contribution in [0.15, 0.2) is 21.3 Å². The Morgan fingerprint density at radius 1 is 0.870 bits per heavy atom. The summed E-state index contributed by atoms with van der Waals surface area (Å²) in [5.74, 6) is 1.69. The van der Waals surface area contributed by atoms with E-state index < -0.39 is 0 Å². The average Bonchev–Trinajstić information content (AvgIpc) is 2.45. The second-order valence-corrected chi connectivity index (χ2v) is 7.84. The summed E-state index contributed by atoms with van der Waals surface area (Å²) in [6.07, 6.45) is 3.61.